The molecule has 1 aliphatic rings. The van der Waals surface area contributed by atoms with E-state index in [1.807, 2.05) is 49.0 Å². The summed E-state index contributed by atoms with van der Waals surface area (Å²) in [6.45, 7) is 5.99. The molecular formula is C19H27N5O2S. The fourth-order valence-electron chi connectivity index (χ4n) is 3.08. The summed E-state index contributed by atoms with van der Waals surface area (Å²) in [4.78, 5) is 13.5. The second-order valence-electron chi connectivity index (χ2n) is 6.95. The number of piperazine rings is 1. The lowest BCUT2D eigenvalue weighted by atomic mass is 10.2. The van der Waals surface area contributed by atoms with E-state index < -0.39 is 10.0 Å². The Labute approximate surface area is 161 Å². The van der Waals surface area contributed by atoms with Gasteiger partial charge >= 0.3 is 0 Å². The molecule has 1 aromatic carbocycles. The zero-order valence-electron chi connectivity index (χ0n) is 16.4. The topological polar surface area (TPSA) is 69.6 Å². The zero-order valence-corrected chi connectivity index (χ0v) is 17.2. The molecule has 2 aromatic rings. The summed E-state index contributed by atoms with van der Waals surface area (Å²) in [7, 11) is 0.424. The van der Waals surface area contributed by atoms with Gasteiger partial charge in [0.15, 0.2) is 0 Å². The molecule has 0 aliphatic carbocycles. The second kappa shape index (κ2) is 7.82. The summed E-state index contributed by atoms with van der Waals surface area (Å²) in [5.41, 5.74) is 2.03. The minimum absolute atomic E-state index is 0.356. The molecule has 27 heavy (non-hydrogen) atoms. The summed E-state index contributed by atoms with van der Waals surface area (Å²) < 4.78 is 27.3. The molecule has 2 heterocycles. The maximum absolute atomic E-state index is 12.9. The van der Waals surface area contributed by atoms with Crippen molar-refractivity contribution >= 4 is 21.8 Å². The van der Waals surface area contributed by atoms with Gasteiger partial charge in [-0.05, 0) is 31.0 Å². The van der Waals surface area contributed by atoms with Gasteiger partial charge in [0, 0.05) is 52.0 Å². The Morgan fingerprint density at radius 2 is 1.67 bits per heavy atom. The van der Waals surface area contributed by atoms with Gasteiger partial charge in [0.25, 0.3) is 0 Å². The fraction of sp³-hybridized carbons (Fsp3) is 0.474. The van der Waals surface area contributed by atoms with E-state index in [0.717, 1.165) is 23.5 Å². The lowest BCUT2D eigenvalue weighted by Gasteiger charge is -2.34. The molecule has 0 unspecified atom stereocenters. The Kier molecular flexibility index (Phi) is 5.67. The summed E-state index contributed by atoms with van der Waals surface area (Å²) >= 11 is 0. The smallest absolute Gasteiger partial charge is 0.243 e. The standard InChI is InChI=1S/C19H27N5O2S/c1-5-16-6-8-17(9-7-16)27(25,26)24-12-10-23(11-13-24)19-20-15(2)14-18(21-19)22(3)4/h6-9,14H,5,10-13H2,1-4H3. The van der Waals surface area contributed by atoms with Crippen LogP contribution in [0.5, 0.6) is 0 Å². The quantitative estimate of drug-likeness (QED) is 0.778. The molecule has 0 atom stereocenters. The van der Waals surface area contributed by atoms with E-state index in [0.29, 0.717) is 37.0 Å². The van der Waals surface area contributed by atoms with Gasteiger partial charge in [-0.3, -0.25) is 0 Å². The van der Waals surface area contributed by atoms with E-state index in [9.17, 15) is 8.42 Å². The van der Waals surface area contributed by atoms with Crippen molar-refractivity contribution in [2.45, 2.75) is 25.2 Å². The van der Waals surface area contributed by atoms with Crippen LogP contribution in [0.3, 0.4) is 0 Å². The van der Waals surface area contributed by atoms with Gasteiger partial charge in [0.2, 0.25) is 16.0 Å². The van der Waals surface area contributed by atoms with Gasteiger partial charge in [-0.1, -0.05) is 19.1 Å². The van der Waals surface area contributed by atoms with E-state index >= 15 is 0 Å². The van der Waals surface area contributed by atoms with Crippen molar-refractivity contribution in [1.29, 1.82) is 0 Å². The van der Waals surface area contributed by atoms with Crippen molar-refractivity contribution in [2.24, 2.45) is 0 Å². The predicted molar refractivity (Wildman–Crippen MR) is 108 cm³/mol. The maximum Gasteiger partial charge on any atom is 0.243 e. The fourth-order valence-corrected chi connectivity index (χ4v) is 4.50. The normalized spacial score (nSPS) is 15.8. The first-order chi connectivity index (χ1) is 12.8. The van der Waals surface area contributed by atoms with Crippen molar-refractivity contribution in [1.82, 2.24) is 14.3 Å². The second-order valence-corrected chi connectivity index (χ2v) is 8.89. The first kappa shape index (κ1) is 19.6. The van der Waals surface area contributed by atoms with Crippen LogP contribution in [0.25, 0.3) is 0 Å². The monoisotopic (exact) mass is 389 g/mol. The first-order valence-corrected chi connectivity index (χ1v) is 10.6. The Morgan fingerprint density at radius 3 is 2.22 bits per heavy atom. The summed E-state index contributed by atoms with van der Waals surface area (Å²) in [6.07, 6.45) is 0.893. The highest BCUT2D eigenvalue weighted by Crippen LogP contribution is 2.21. The Hall–Kier alpha value is -2.19. The third-order valence-corrected chi connectivity index (χ3v) is 6.69. The van der Waals surface area contributed by atoms with Crippen LogP contribution in [-0.4, -0.2) is 63.0 Å². The van der Waals surface area contributed by atoms with Crippen molar-refractivity contribution < 1.29 is 8.42 Å². The third-order valence-electron chi connectivity index (χ3n) is 4.78. The highest BCUT2D eigenvalue weighted by Gasteiger charge is 2.29. The van der Waals surface area contributed by atoms with E-state index in [1.54, 1.807) is 16.4 Å². The van der Waals surface area contributed by atoms with E-state index in [4.69, 9.17) is 0 Å². The Balaban J connectivity index is 1.73. The summed E-state index contributed by atoms with van der Waals surface area (Å²) in [5, 5.41) is 0. The van der Waals surface area contributed by atoms with Crippen LogP contribution in [0.15, 0.2) is 35.2 Å². The van der Waals surface area contributed by atoms with Gasteiger partial charge < -0.3 is 9.80 Å². The van der Waals surface area contributed by atoms with E-state index in [2.05, 4.69) is 16.9 Å². The molecule has 1 aromatic heterocycles. The number of rotatable bonds is 5. The molecule has 0 radical (unpaired) electrons. The molecule has 0 N–H and O–H groups in total. The lowest BCUT2D eigenvalue weighted by Crippen LogP contribution is -2.49. The lowest BCUT2D eigenvalue weighted by molar-refractivity contribution is 0.382. The first-order valence-electron chi connectivity index (χ1n) is 9.18. The van der Waals surface area contributed by atoms with Gasteiger partial charge in [0.05, 0.1) is 4.90 Å². The van der Waals surface area contributed by atoms with Crippen molar-refractivity contribution in [3.8, 4) is 0 Å². The molecule has 0 amide bonds. The number of nitrogens with zero attached hydrogens (tertiary/aromatic N) is 5. The number of hydrogen-bond donors (Lipinski definition) is 0. The van der Waals surface area contributed by atoms with Crippen LogP contribution in [0.1, 0.15) is 18.2 Å². The van der Waals surface area contributed by atoms with Crippen LogP contribution >= 0.6 is 0 Å². The number of anilines is 2. The molecule has 7 nitrogen and oxygen atoms in total. The maximum atomic E-state index is 12.9. The molecule has 8 heteroatoms. The Morgan fingerprint density at radius 1 is 1.04 bits per heavy atom. The average Bonchev–Trinajstić information content (AvgIpc) is 2.67. The average molecular weight is 390 g/mol. The molecule has 3 rings (SSSR count). The van der Waals surface area contributed by atoms with Gasteiger partial charge in [-0.15, -0.1) is 0 Å². The molecule has 1 saturated heterocycles. The summed E-state index contributed by atoms with van der Waals surface area (Å²) in [6, 6.07) is 9.10. The number of hydrogen-bond acceptors (Lipinski definition) is 6. The van der Waals surface area contributed by atoms with Crippen molar-refractivity contribution in [3.05, 3.63) is 41.6 Å². The third kappa shape index (κ3) is 4.22. The predicted octanol–water partition coefficient (Wildman–Crippen LogP) is 1.92. The molecule has 0 bridgehead atoms. The van der Waals surface area contributed by atoms with E-state index in [1.165, 1.54) is 0 Å². The van der Waals surface area contributed by atoms with E-state index in [-0.39, 0.29) is 0 Å². The Bertz CT molecular complexity index is 889. The molecule has 1 aliphatic heterocycles. The molecule has 0 spiro atoms. The SMILES string of the molecule is CCc1ccc(S(=O)(=O)N2CCN(c3nc(C)cc(N(C)C)n3)CC2)cc1. The van der Waals surface area contributed by atoms with Crippen LogP contribution in [0.4, 0.5) is 11.8 Å². The van der Waals surface area contributed by atoms with Gasteiger partial charge in [0.1, 0.15) is 5.82 Å². The molecule has 0 saturated carbocycles. The number of benzene rings is 1. The van der Waals surface area contributed by atoms with Crippen molar-refractivity contribution in [3.63, 3.8) is 0 Å². The number of aromatic nitrogens is 2. The number of sulfonamides is 1. The highest BCUT2D eigenvalue weighted by molar-refractivity contribution is 7.89. The molecule has 1 fully saturated rings. The number of aryl methyl sites for hydroxylation is 2. The minimum Gasteiger partial charge on any atom is -0.363 e. The van der Waals surface area contributed by atoms with Crippen LogP contribution in [0.2, 0.25) is 0 Å². The summed E-state index contributed by atoms with van der Waals surface area (Å²) in [5.74, 6) is 1.51. The largest absolute Gasteiger partial charge is 0.363 e. The van der Waals surface area contributed by atoms with Crippen LogP contribution in [0, 0.1) is 6.92 Å². The minimum atomic E-state index is -3.46. The van der Waals surface area contributed by atoms with Gasteiger partial charge in [-0.25, -0.2) is 13.4 Å². The highest BCUT2D eigenvalue weighted by atomic mass is 32.2. The molecule has 146 valence electrons. The van der Waals surface area contributed by atoms with Crippen LogP contribution in [-0.2, 0) is 16.4 Å². The van der Waals surface area contributed by atoms with Gasteiger partial charge in [-0.2, -0.15) is 9.29 Å². The van der Waals surface area contributed by atoms with Crippen LogP contribution < -0.4 is 9.80 Å². The van der Waals surface area contributed by atoms with Crippen molar-refractivity contribution in [2.75, 3.05) is 50.1 Å². The molecular weight excluding hydrogens is 362 g/mol. The zero-order chi connectivity index (χ0) is 19.6.